The van der Waals surface area contributed by atoms with Crippen molar-refractivity contribution < 1.29 is 14.3 Å². The molecule has 1 saturated heterocycles. The van der Waals surface area contributed by atoms with Crippen molar-refractivity contribution in [2.24, 2.45) is 4.99 Å². The number of hydrogen-bond donors (Lipinski definition) is 0. The van der Waals surface area contributed by atoms with Crippen LogP contribution < -0.4 is 9.47 Å². The van der Waals surface area contributed by atoms with Gasteiger partial charge in [0.15, 0.2) is 17.2 Å². The smallest absolute Gasteiger partial charge is 0.263 e. The summed E-state index contributed by atoms with van der Waals surface area (Å²) in [5.41, 5.74) is 1.68. The lowest BCUT2D eigenvalue weighted by Gasteiger charge is -2.25. The lowest BCUT2D eigenvalue weighted by atomic mass is 10.1. The van der Waals surface area contributed by atoms with E-state index in [-0.39, 0.29) is 5.91 Å². The van der Waals surface area contributed by atoms with Gasteiger partial charge in [0.2, 0.25) is 0 Å². The fraction of sp³-hybridized carbons (Fsp3) is 0.250. The first-order valence-corrected chi connectivity index (χ1v) is 11.2. The highest BCUT2D eigenvalue weighted by molar-refractivity contribution is 7.12. The summed E-state index contributed by atoms with van der Waals surface area (Å²) in [4.78, 5) is 22.8. The summed E-state index contributed by atoms with van der Waals surface area (Å²) in [7, 11) is 1.65. The molecule has 3 aromatic rings. The number of amidine groups is 1. The molecule has 0 N–H and O–H groups in total. The van der Waals surface area contributed by atoms with Gasteiger partial charge in [0, 0.05) is 26.2 Å². The predicted octanol–water partition coefficient (Wildman–Crippen LogP) is 4.79. The Kier molecular flexibility index (Phi) is 5.34. The van der Waals surface area contributed by atoms with E-state index in [0.29, 0.717) is 30.3 Å². The van der Waals surface area contributed by atoms with E-state index in [1.807, 2.05) is 64.9 Å². The number of hydrogen-bond acceptors (Lipinski definition) is 6. The number of ether oxygens (including phenoxy) is 2. The number of fused-ring (bicyclic) bond motifs is 2. The van der Waals surface area contributed by atoms with E-state index in [0.717, 1.165) is 41.5 Å². The molecule has 3 heterocycles. The van der Waals surface area contributed by atoms with Crippen molar-refractivity contribution in [3.05, 3.63) is 70.4 Å². The molecule has 7 heteroatoms. The Hall–Kier alpha value is -3.32. The van der Waals surface area contributed by atoms with Gasteiger partial charge in [0.25, 0.3) is 5.91 Å². The van der Waals surface area contributed by atoms with E-state index in [2.05, 4.69) is 4.90 Å². The van der Waals surface area contributed by atoms with Crippen LogP contribution in [0.3, 0.4) is 0 Å². The largest absolute Gasteiger partial charge is 0.493 e. The third-order valence-electron chi connectivity index (χ3n) is 5.56. The van der Waals surface area contributed by atoms with Crippen molar-refractivity contribution in [2.75, 3.05) is 33.3 Å². The van der Waals surface area contributed by atoms with Crippen LogP contribution in [0.2, 0.25) is 0 Å². The maximum atomic E-state index is 12.8. The second-order valence-corrected chi connectivity index (χ2v) is 8.40. The van der Waals surface area contributed by atoms with Crippen LogP contribution in [-0.4, -0.2) is 54.8 Å². The Morgan fingerprint density at radius 1 is 1.03 bits per heavy atom. The van der Waals surface area contributed by atoms with E-state index >= 15 is 0 Å². The van der Waals surface area contributed by atoms with Crippen molar-refractivity contribution >= 4 is 28.8 Å². The highest BCUT2D eigenvalue weighted by atomic mass is 32.1. The van der Waals surface area contributed by atoms with E-state index in [1.54, 1.807) is 7.11 Å². The van der Waals surface area contributed by atoms with Gasteiger partial charge in [-0.2, -0.15) is 0 Å². The van der Waals surface area contributed by atoms with Crippen LogP contribution in [0.25, 0.3) is 0 Å². The van der Waals surface area contributed by atoms with Gasteiger partial charge < -0.3 is 19.3 Å². The number of rotatable bonds is 2. The predicted molar refractivity (Wildman–Crippen MR) is 122 cm³/mol. The van der Waals surface area contributed by atoms with Gasteiger partial charge in [0.1, 0.15) is 11.5 Å². The molecule has 31 heavy (non-hydrogen) atoms. The molecule has 0 spiro atoms. The van der Waals surface area contributed by atoms with Gasteiger partial charge in [-0.15, -0.1) is 11.3 Å². The van der Waals surface area contributed by atoms with Gasteiger partial charge in [0.05, 0.1) is 17.6 Å². The van der Waals surface area contributed by atoms with E-state index in [4.69, 9.17) is 14.5 Å². The topological polar surface area (TPSA) is 54.4 Å². The SMILES string of the molecule is COc1cccc2c1Oc1ccccc1N=C2N1CCCN(C(=O)c2cccs2)CC1. The number of nitrogens with zero attached hydrogens (tertiary/aromatic N) is 3. The molecule has 0 saturated carbocycles. The number of carbonyl (C=O) groups is 1. The quantitative estimate of drug-likeness (QED) is 0.583. The van der Waals surface area contributed by atoms with Crippen LogP contribution >= 0.6 is 11.3 Å². The zero-order valence-corrected chi connectivity index (χ0v) is 18.1. The Bertz CT molecular complexity index is 1130. The summed E-state index contributed by atoms with van der Waals surface area (Å²) in [6.45, 7) is 2.90. The van der Waals surface area contributed by atoms with E-state index in [1.165, 1.54) is 11.3 Å². The first kappa shape index (κ1) is 19.6. The Morgan fingerprint density at radius 2 is 1.94 bits per heavy atom. The normalized spacial score (nSPS) is 15.7. The molecule has 0 aliphatic carbocycles. The molecule has 5 rings (SSSR count). The molecule has 1 aromatic heterocycles. The minimum absolute atomic E-state index is 0.107. The molecule has 2 aliphatic rings. The van der Waals surface area contributed by atoms with Crippen LogP contribution in [-0.2, 0) is 0 Å². The number of aliphatic imine (C=N–C) groups is 1. The molecule has 0 unspecified atom stereocenters. The number of amides is 1. The van der Waals surface area contributed by atoms with Crippen molar-refractivity contribution in [3.8, 4) is 17.2 Å². The molecule has 0 radical (unpaired) electrons. The molecule has 2 aromatic carbocycles. The summed E-state index contributed by atoms with van der Waals surface area (Å²) in [5, 5.41) is 1.94. The summed E-state index contributed by atoms with van der Waals surface area (Å²) in [6, 6.07) is 17.5. The monoisotopic (exact) mass is 433 g/mol. The first-order chi connectivity index (χ1) is 15.2. The third-order valence-corrected chi connectivity index (χ3v) is 6.42. The molecule has 6 nitrogen and oxygen atoms in total. The second kappa shape index (κ2) is 8.43. The standard InChI is InChI=1S/C24H23N3O3S/c1-29-20-10-4-7-17-22(20)30-19-9-3-2-8-18(19)25-23(17)26-12-6-13-27(15-14-26)24(28)21-11-5-16-31-21/h2-5,7-11,16H,6,12-15H2,1H3. The van der Waals surface area contributed by atoms with Crippen LogP contribution in [0.5, 0.6) is 17.2 Å². The molecule has 158 valence electrons. The summed E-state index contributed by atoms with van der Waals surface area (Å²) in [6.07, 6.45) is 0.873. The van der Waals surface area contributed by atoms with Gasteiger partial charge in [-0.25, -0.2) is 4.99 Å². The Morgan fingerprint density at radius 3 is 2.77 bits per heavy atom. The fourth-order valence-electron chi connectivity index (χ4n) is 4.01. The molecule has 1 amide bonds. The summed E-state index contributed by atoms with van der Waals surface area (Å²) in [5.74, 6) is 3.00. The Balaban J connectivity index is 1.49. The van der Waals surface area contributed by atoms with Crippen molar-refractivity contribution in [3.63, 3.8) is 0 Å². The van der Waals surface area contributed by atoms with Crippen LogP contribution in [0, 0.1) is 0 Å². The van der Waals surface area contributed by atoms with E-state index < -0.39 is 0 Å². The average molecular weight is 434 g/mol. The highest BCUT2D eigenvalue weighted by Gasteiger charge is 2.28. The maximum Gasteiger partial charge on any atom is 0.263 e. The number of benzene rings is 2. The Labute approximate surface area is 185 Å². The van der Waals surface area contributed by atoms with Crippen molar-refractivity contribution in [2.45, 2.75) is 6.42 Å². The lowest BCUT2D eigenvalue weighted by Crippen LogP contribution is -2.37. The molecular weight excluding hydrogens is 410 g/mol. The first-order valence-electron chi connectivity index (χ1n) is 10.4. The fourth-order valence-corrected chi connectivity index (χ4v) is 4.70. The van der Waals surface area contributed by atoms with Crippen LogP contribution in [0.15, 0.2) is 65.0 Å². The van der Waals surface area contributed by atoms with Gasteiger partial charge >= 0.3 is 0 Å². The molecular formula is C24H23N3O3S. The lowest BCUT2D eigenvalue weighted by molar-refractivity contribution is 0.0769. The van der Waals surface area contributed by atoms with Crippen molar-refractivity contribution in [1.82, 2.24) is 9.80 Å². The minimum atomic E-state index is 0.107. The number of thiophene rings is 1. The number of methoxy groups -OCH3 is 1. The van der Waals surface area contributed by atoms with E-state index in [9.17, 15) is 4.79 Å². The highest BCUT2D eigenvalue weighted by Crippen LogP contribution is 2.42. The summed E-state index contributed by atoms with van der Waals surface area (Å²) < 4.78 is 11.8. The van der Waals surface area contributed by atoms with Crippen molar-refractivity contribution in [1.29, 1.82) is 0 Å². The van der Waals surface area contributed by atoms with Gasteiger partial charge in [-0.05, 0) is 42.1 Å². The minimum Gasteiger partial charge on any atom is -0.493 e. The molecule has 0 atom stereocenters. The maximum absolute atomic E-state index is 12.8. The zero-order valence-electron chi connectivity index (χ0n) is 17.3. The van der Waals surface area contributed by atoms with Crippen LogP contribution in [0.4, 0.5) is 5.69 Å². The second-order valence-electron chi connectivity index (χ2n) is 7.45. The molecule has 1 fully saturated rings. The van der Waals surface area contributed by atoms with Crippen LogP contribution in [0.1, 0.15) is 21.7 Å². The summed E-state index contributed by atoms with van der Waals surface area (Å²) >= 11 is 1.49. The third kappa shape index (κ3) is 3.77. The zero-order chi connectivity index (χ0) is 21.2. The van der Waals surface area contributed by atoms with Gasteiger partial charge in [-0.1, -0.05) is 24.3 Å². The molecule has 0 bridgehead atoms. The molecule has 2 aliphatic heterocycles. The average Bonchev–Trinajstić information content (AvgIpc) is 3.15. The number of carbonyl (C=O) groups excluding carboxylic acids is 1. The van der Waals surface area contributed by atoms with Gasteiger partial charge in [-0.3, -0.25) is 4.79 Å². The number of para-hydroxylation sites is 3.